The van der Waals surface area contributed by atoms with Crippen molar-refractivity contribution in [3.63, 3.8) is 0 Å². The van der Waals surface area contributed by atoms with E-state index < -0.39 is 21.9 Å². The minimum Gasteiger partial charge on any atom is -0.481 e. The van der Waals surface area contributed by atoms with Crippen LogP contribution in [0.3, 0.4) is 0 Å². The monoisotopic (exact) mass is 500 g/mol. The first kappa shape index (κ1) is 22.0. The predicted octanol–water partition coefficient (Wildman–Crippen LogP) is 5.73. The highest BCUT2D eigenvalue weighted by Crippen LogP contribution is 2.39. The fourth-order valence-electron chi connectivity index (χ4n) is 4.45. The molecule has 0 spiro atoms. The lowest BCUT2D eigenvalue weighted by Gasteiger charge is -2.22. The predicted molar refractivity (Wildman–Crippen MR) is 134 cm³/mol. The van der Waals surface area contributed by atoms with Crippen molar-refractivity contribution in [1.82, 2.24) is 0 Å². The second-order valence-corrected chi connectivity index (χ2v) is 11.6. The first-order valence-corrected chi connectivity index (χ1v) is 13.1. The molecule has 1 saturated heterocycles. The molecule has 1 atom stereocenters. The number of carboxylic acid groups (broad SMARTS) is 1. The number of fused-ring (bicyclic) bond motifs is 2. The molecule has 33 heavy (non-hydrogen) atoms. The second-order valence-electron chi connectivity index (χ2n) is 8.21. The zero-order valence-electron chi connectivity index (χ0n) is 17.7. The Morgan fingerprint density at radius 2 is 1.88 bits per heavy atom. The van der Waals surface area contributed by atoms with Crippen molar-refractivity contribution < 1.29 is 18.3 Å². The molecule has 2 heterocycles. The minimum atomic E-state index is -3.83. The Bertz CT molecular complexity index is 1510. The van der Waals surface area contributed by atoms with Gasteiger partial charge in [-0.2, -0.15) is 0 Å². The van der Waals surface area contributed by atoms with Gasteiger partial charge in [0.15, 0.2) is 0 Å². The van der Waals surface area contributed by atoms with E-state index in [0.29, 0.717) is 35.8 Å². The molecule has 170 valence electrons. The minimum absolute atomic E-state index is 0.261. The number of aryl methyl sites for hydroxylation is 1. The van der Waals surface area contributed by atoms with E-state index in [1.165, 1.54) is 11.3 Å². The standard InChI is InChI=1S/C24H21ClN2O4S2/c1-14-19-12-16(25)6-9-22(19)32-24(14)33(30,31)26-20-7-8-21(18-5-3-2-4-17(18)20)27-11-10-15(13-27)23(28)29/h2-9,12,15,26H,10-11,13H2,1H3,(H,28,29). The zero-order chi connectivity index (χ0) is 23.3. The number of nitrogens with zero attached hydrogens (tertiary/aromatic N) is 1. The van der Waals surface area contributed by atoms with Crippen LogP contribution in [0.2, 0.25) is 5.02 Å². The number of carboxylic acids is 1. The average Bonchev–Trinajstić information content (AvgIpc) is 3.40. The summed E-state index contributed by atoms with van der Waals surface area (Å²) in [4.78, 5) is 13.4. The van der Waals surface area contributed by atoms with Gasteiger partial charge in [0.1, 0.15) is 4.21 Å². The summed E-state index contributed by atoms with van der Waals surface area (Å²) < 4.78 is 30.6. The highest BCUT2D eigenvalue weighted by molar-refractivity contribution is 7.95. The number of hydrogen-bond acceptors (Lipinski definition) is 5. The topological polar surface area (TPSA) is 86.7 Å². The van der Waals surface area contributed by atoms with E-state index >= 15 is 0 Å². The first-order valence-electron chi connectivity index (χ1n) is 10.5. The van der Waals surface area contributed by atoms with Crippen LogP contribution in [0.5, 0.6) is 0 Å². The lowest BCUT2D eigenvalue weighted by molar-refractivity contribution is -0.140. The molecule has 2 N–H and O–H groups in total. The summed E-state index contributed by atoms with van der Waals surface area (Å²) in [5, 5.41) is 12.4. The Morgan fingerprint density at radius 3 is 2.61 bits per heavy atom. The van der Waals surface area contributed by atoms with Crippen LogP contribution in [0.4, 0.5) is 11.4 Å². The van der Waals surface area contributed by atoms with Crippen LogP contribution in [0.1, 0.15) is 12.0 Å². The molecule has 9 heteroatoms. The van der Waals surface area contributed by atoms with Crippen LogP contribution in [-0.2, 0) is 14.8 Å². The Kier molecular flexibility index (Phi) is 5.47. The molecule has 0 aliphatic carbocycles. The first-order chi connectivity index (χ1) is 15.7. The molecule has 1 aliphatic heterocycles. The third-order valence-electron chi connectivity index (χ3n) is 6.12. The van der Waals surface area contributed by atoms with Crippen LogP contribution >= 0.6 is 22.9 Å². The van der Waals surface area contributed by atoms with Crippen LogP contribution in [0.25, 0.3) is 20.9 Å². The van der Waals surface area contributed by atoms with Crippen molar-refractivity contribution >= 4 is 71.2 Å². The third-order valence-corrected chi connectivity index (χ3v) is 9.62. The lowest BCUT2D eigenvalue weighted by Crippen LogP contribution is -2.23. The molecule has 0 bridgehead atoms. The van der Waals surface area contributed by atoms with Crippen LogP contribution in [0.15, 0.2) is 58.8 Å². The highest BCUT2D eigenvalue weighted by Gasteiger charge is 2.29. The molecule has 1 aromatic heterocycles. The molecule has 3 aromatic carbocycles. The highest BCUT2D eigenvalue weighted by atomic mass is 35.5. The number of rotatable bonds is 5. The molecule has 1 aliphatic rings. The van der Waals surface area contributed by atoms with Crippen molar-refractivity contribution in [2.75, 3.05) is 22.7 Å². The summed E-state index contributed by atoms with van der Waals surface area (Å²) in [7, 11) is -3.83. The van der Waals surface area contributed by atoms with Gasteiger partial charge >= 0.3 is 5.97 Å². The van der Waals surface area contributed by atoms with Gasteiger partial charge in [-0.15, -0.1) is 11.3 Å². The molecule has 1 unspecified atom stereocenters. The summed E-state index contributed by atoms with van der Waals surface area (Å²) in [5.74, 6) is -1.18. The van der Waals surface area contributed by atoms with Crippen LogP contribution in [-0.4, -0.2) is 32.6 Å². The Morgan fingerprint density at radius 1 is 1.12 bits per heavy atom. The Hall–Kier alpha value is -2.81. The van der Waals surface area contributed by atoms with E-state index in [0.717, 1.165) is 26.5 Å². The van der Waals surface area contributed by atoms with Gasteiger partial charge in [-0.05, 0) is 54.6 Å². The lowest BCUT2D eigenvalue weighted by atomic mass is 10.1. The zero-order valence-corrected chi connectivity index (χ0v) is 20.1. The van der Waals surface area contributed by atoms with Crippen molar-refractivity contribution in [2.45, 2.75) is 17.6 Å². The van der Waals surface area contributed by atoms with Gasteiger partial charge < -0.3 is 10.0 Å². The van der Waals surface area contributed by atoms with Crippen LogP contribution in [0, 0.1) is 12.8 Å². The normalized spacial score (nSPS) is 16.5. The third kappa shape index (κ3) is 3.92. The number of thiophene rings is 1. The fraction of sp³-hybridized carbons (Fsp3) is 0.208. The van der Waals surface area contributed by atoms with Crippen LogP contribution < -0.4 is 9.62 Å². The van der Waals surface area contributed by atoms with E-state index in [2.05, 4.69) is 9.62 Å². The van der Waals surface area contributed by atoms with Gasteiger partial charge in [-0.25, -0.2) is 8.42 Å². The SMILES string of the molecule is Cc1c(S(=O)(=O)Nc2ccc(N3CCC(C(=O)O)C3)c3ccccc23)sc2ccc(Cl)cc12. The molecule has 5 rings (SSSR count). The fourth-order valence-corrected chi connectivity index (χ4v) is 7.45. The van der Waals surface area contributed by atoms with E-state index in [1.807, 2.05) is 36.4 Å². The molecule has 0 amide bonds. The number of anilines is 2. The van der Waals surface area contributed by atoms with E-state index in [4.69, 9.17) is 11.6 Å². The summed E-state index contributed by atoms with van der Waals surface area (Å²) in [5.41, 5.74) is 2.06. The quantitative estimate of drug-likeness (QED) is 0.365. The summed E-state index contributed by atoms with van der Waals surface area (Å²) in [6.07, 6.45) is 0.591. The van der Waals surface area contributed by atoms with E-state index in [-0.39, 0.29) is 4.21 Å². The van der Waals surface area contributed by atoms with Crippen molar-refractivity contribution in [1.29, 1.82) is 0 Å². The molecular weight excluding hydrogens is 480 g/mol. The summed E-state index contributed by atoms with van der Waals surface area (Å²) >= 11 is 7.32. The molecule has 4 aromatic rings. The Labute approximate surface area is 200 Å². The number of benzene rings is 3. The maximum Gasteiger partial charge on any atom is 0.308 e. The number of nitrogens with one attached hydrogen (secondary N) is 1. The number of aliphatic carboxylic acids is 1. The van der Waals surface area contributed by atoms with Gasteiger partial charge in [0.25, 0.3) is 10.0 Å². The molecule has 0 radical (unpaired) electrons. The molecule has 1 fully saturated rings. The number of sulfonamides is 1. The van der Waals surface area contributed by atoms with E-state index in [1.54, 1.807) is 25.1 Å². The smallest absolute Gasteiger partial charge is 0.308 e. The van der Waals surface area contributed by atoms with Gasteiger partial charge in [-0.1, -0.05) is 35.9 Å². The van der Waals surface area contributed by atoms with Crippen molar-refractivity contribution in [2.24, 2.45) is 5.92 Å². The van der Waals surface area contributed by atoms with Gasteiger partial charge in [-0.3, -0.25) is 9.52 Å². The molecular formula is C24H21ClN2O4S2. The summed E-state index contributed by atoms with van der Waals surface area (Å²) in [6, 6.07) is 16.6. The van der Waals surface area contributed by atoms with Crippen molar-refractivity contribution in [3.8, 4) is 0 Å². The van der Waals surface area contributed by atoms with Gasteiger partial charge in [0, 0.05) is 39.3 Å². The number of halogens is 1. The maximum atomic E-state index is 13.4. The van der Waals surface area contributed by atoms with Gasteiger partial charge in [0.2, 0.25) is 0 Å². The second kappa shape index (κ2) is 8.20. The maximum absolute atomic E-state index is 13.4. The average molecular weight is 501 g/mol. The molecule has 0 saturated carbocycles. The summed E-state index contributed by atoms with van der Waals surface area (Å²) in [6.45, 7) is 2.88. The molecule has 6 nitrogen and oxygen atoms in total. The largest absolute Gasteiger partial charge is 0.481 e. The van der Waals surface area contributed by atoms with Crippen molar-refractivity contribution in [3.05, 3.63) is 65.2 Å². The number of carbonyl (C=O) groups is 1. The Balaban J connectivity index is 1.54. The van der Waals surface area contributed by atoms with E-state index in [9.17, 15) is 18.3 Å². The van der Waals surface area contributed by atoms with Gasteiger partial charge in [0.05, 0.1) is 11.6 Å². The number of hydrogen-bond donors (Lipinski definition) is 2.